The third-order valence-electron chi connectivity index (χ3n) is 2.70. The van der Waals surface area contributed by atoms with E-state index in [1.807, 2.05) is 30.3 Å². The average Bonchev–Trinajstić information content (AvgIpc) is 2.39. The molecule has 0 aliphatic rings. The second-order valence-electron chi connectivity index (χ2n) is 4.21. The van der Waals surface area contributed by atoms with Gasteiger partial charge in [0.05, 0.1) is 12.4 Å². The van der Waals surface area contributed by atoms with Gasteiger partial charge in [-0.25, -0.2) is 8.42 Å². The summed E-state index contributed by atoms with van der Waals surface area (Å²) in [5.74, 6) is 0.0354. The first-order valence-electron chi connectivity index (χ1n) is 6.21. The normalized spacial score (nSPS) is 11.9. The van der Waals surface area contributed by atoms with Crippen LogP contribution in [0.1, 0.15) is 12.0 Å². The topological polar surface area (TPSA) is 66.8 Å². The number of nitrogens with zero attached hydrogens (tertiary/aromatic N) is 1. The van der Waals surface area contributed by atoms with Gasteiger partial charge in [0.1, 0.15) is 0 Å². The van der Waals surface area contributed by atoms with Crippen LogP contribution in [0.4, 0.5) is 0 Å². The lowest BCUT2D eigenvalue weighted by Gasteiger charge is -2.21. The van der Waals surface area contributed by atoms with Crippen LogP contribution in [-0.2, 0) is 21.3 Å². The van der Waals surface area contributed by atoms with Crippen LogP contribution in [-0.4, -0.2) is 50.5 Å². The second-order valence-corrected chi connectivity index (χ2v) is 6.29. The van der Waals surface area contributed by atoms with Gasteiger partial charge < -0.3 is 9.84 Å². The quantitative estimate of drug-likeness (QED) is 0.684. The fraction of sp³-hybridized carbons (Fsp3) is 0.538. The largest absolute Gasteiger partial charge is 0.395 e. The molecule has 0 amide bonds. The number of aliphatic hydroxyl groups is 1. The van der Waals surface area contributed by atoms with Crippen LogP contribution in [0.5, 0.6) is 0 Å². The van der Waals surface area contributed by atoms with Crippen LogP contribution >= 0.6 is 0 Å². The third-order valence-corrected chi connectivity index (χ3v) is 4.60. The Morgan fingerprint density at radius 2 is 1.95 bits per heavy atom. The average molecular weight is 287 g/mol. The molecule has 5 nitrogen and oxygen atoms in total. The first-order chi connectivity index (χ1) is 9.10. The Morgan fingerprint density at radius 3 is 2.53 bits per heavy atom. The van der Waals surface area contributed by atoms with E-state index in [0.29, 0.717) is 13.0 Å². The number of benzene rings is 1. The van der Waals surface area contributed by atoms with Gasteiger partial charge in [0.15, 0.2) is 0 Å². The van der Waals surface area contributed by atoms with Crippen molar-refractivity contribution in [1.29, 1.82) is 0 Å². The molecule has 0 spiro atoms. The smallest absolute Gasteiger partial charge is 0.214 e. The molecule has 0 saturated heterocycles. The fourth-order valence-corrected chi connectivity index (χ4v) is 3.18. The second kappa shape index (κ2) is 8.27. The molecule has 1 aromatic carbocycles. The third kappa shape index (κ3) is 5.69. The van der Waals surface area contributed by atoms with E-state index in [2.05, 4.69) is 0 Å². The zero-order chi connectivity index (χ0) is 14.1. The zero-order valence-electron chi connectivity index (χ0n) is 11.2. The van der Waals surface area contributed by atoms with Gasteiger partial charge in [0.25, 0.3) is 0 Å². The molecule has 0 aromatic heterocycles. The van der Waals surface area contributed by atoms with Crippen LogP contribution in [0.2, 0.25) is 0 Å². The van der Waals surface area contributed by atoms with Crippen molar-refractivity contribution in [1.82, 2.24) is 4.31 Å². The Hall–Kier alpha value is -0.950. The lowest BCUT2D eigenvalue weighted by atomic mass is 10.2. The van der Waals surface area contributed by atoms with E-state index >= 15 is 0 Å². The van der Waals surface area contributed by atoms with E-state index in [9.17, 15) is 8.42 Å². The Labute approximate surface area is 114 Å². The van der Waals surface area contributed by atoms with Crippen molar-refractivity contribution in [2.24, 2.45) is 0 Å². The minimum absolute atomic E-state index is 0.0354. The Morgan fingerprint density at radius 1 is 1.26 bits per heavy atom. The van der Waals surface area contributed by atoms with Crippen LogP contribution in [0.15, 0.2) is 30.3 Å². The van der Waals surface area contributed by atoms with Gasteiger partial charge in [-0.1, -0.05) is 30.3 Å². The van der Waals surface area contributed by atoms with Gasteiger partial charge in [0, 0.05) is 26.8 Å². The minimum atomic E-state index is -3.36. The van der Waals surface area contributed by atoms with Crippen molar-refractivity contribution in [3.8, 4) is 0 Å². The molecule has 0 fully saturated rings. The molecular weight excluding hydrogens is 266 g/mol. The van der Waals surface area contributed by atoms with Gasteiger partial charge in [-0.15, -0.1) is 0 Å². The molecular formula is C13H21NO4S. The van der Waals surface area contributed by atoms with Crippen LogP contribution in [0, 0.1) is 0 Å². The van der Waals surface area contributed by atoms with Crippen molar-refractivity contribution in [3.05, 3.63) is 35.9 Å². The van der Waals surface area contributed by atoms with Crippen molar-refractivity contribution < 1.29 is 18.3 Å². The van der Waals surface area contributed by atoms with Crippen molar-refractivity contribution in [3.63, 3.8) is 0 Å². The Kier molecular flexibility index (Phi) is 7.01. The number of sulfonamides is 1. The van der Waals surface area contributed by atoms with Gasteiger partial charge >= 0.3 is 0 Å². The number of methoxy groups -OCH3 is 1. The first kappa shape index (κ1) is 16.1. The fourth-order valence-electron chi connectivity index (χ4n) is 1.73. The highest BCUT2D eigenvalue weighted by Crippen LogP contribution is 2.10. The van der Waals surface area contributed by atoms with Crippen molar-refractivity contribution in [2.75, 3.05) is 32.6 Å². The number of aliphatic hydroxyl groups excluding tert-OH is 1. The molecule has 0 unspecified atom stereocenters. The SMILES string of the molecule is COCCCS(=O)(=O)N(CCO)Cc1ccccc1. The summed E-state index contributed by atoms with van der Waals surface area (Å²) in [7, 11) is -1.82. The molecule has 19 heavy (non-hydrogen) atoms. The predicted molar refractivity (Wildman–Crippen MR) is 74.2 cm³/mol. The van der Waals surface area contributed by atoms with Gasteiger partial charge in [-0.2, -0.15) is 4.31 Å². The molecule has 1 aromatic rings. The molecule has 0 heterocycles. The van der Waals surface area contributed by atoms with E-state index in [0.717, 1.165) is 5.56 Å². The molecule has 1 N–H and O–H groups in total. The Balaban J connectivity index is 2.70. The van der Waals surface area contributed by atoms with Gasteiger partial charge in [-0.05, 0) is 12.0 Å². The summed E-state index contributed by atoms with van der Waals surface area (Å²) < 4.78 is 30.5. The van der Waals surface area contributed by atoms with Gasteiger partial charge in [-0.3, -0.25) is 0 Å². The molecule has 6 heteroatoms. The maximum atomic E-state index is 12.2. The molecule has 0 bridgehead atoms. The number of hydrogen-bond donors (Lipinski definition) is 1. The van der Waals surface area contributed by atoms with E-state index in [-0.39, 0.29) is 25.4 Å². The summed E-state index contributed by atoms with van der Waals surface area (Å²) in [6.07, 6.45) is 0.454. The molecule has 1 rings (SSSR count). The lowest BCUT2D eigenvalue weighted by Crippen LogP contribution is -2.35. The summed E-state index contributed by atoms with van der Waals surface area (Å²) in [6, 6.07) is 9.35. The first-order valence-corrected chi connectivity index (χ1v) is 7.82. The monoisotopic (exact) mass is 287 g/mol. The number of rotatable bonds is 9. The van der Waals surface area contributed by atoms with E-state index in [1.54, 1.807) is 7.11 Å². The predicted octanol–water partition coefficient (Wildman–Crippen LogP) is 0.847. The molecule has 0 aliphatic carbocycles. The summed E-state index contributed by atoms with van der Waals surface area (Å²) in [6.45, 7) is 0.634. The maximum Gasteiger partial charge on any atom is 0.214 e. The summed E-state index contributed by atoms with van der Waals surface area (Å²) in [5.41, 5.74) is 0.909. The summed E-state index contributed by atoms with van der Waals surface area (Å²) in [5, 5.41) is 9.02. The van der Waals surface area contributed by atoms with Crippen LogP contribution < -0.4 is 0 Å². The zero-order valence-corrected chi connectivity index (χ0v) is 12.0. The highest BCUT2D eigenvalue weighted by atomic mass is 32.2. The number of hydrogen-bond acceptors (Lipinski definition) is 4. The molecule has 0 aliphatic heterocycles. The molecule has 108 valence electrons. The van der Waals surface area contributed by atoms with Crippen molar-refractivity contribution in [2.45, 2.75) is 13.0 Å². The van der Waals surface area contributed by atoms with E-state index in [1.165, 1.54) is 4.31 Å². The van der Waals surface area contributed by atoms with Crippen LogP contribution in [0.3, 0.4) is 0 Å². The van der Waals surface area contributed by atoms with Crippen LogP contribution in [0.25, 0.3) is 0 Å². The molecule has 0 radical (unpaired) electrons. The summed E-state index contributed by atoms with van der Waals surface area (Å²) >= 11 is 0. The standard InChI is InChI=1S/C13H21NO4S/c1-18-10-5-11-19(16,17)14(8-9-15)12-13-6-3-2-4-7-13/h2-4,6-7,15H,5,8-12H2,1H3. The van der Waals surface area contributed by atoms with Gasteiger partial charge in [0.2, 0.25) is 10.0 Å². The van der Waals surface area contributed by atoms with Crippen molar-refractivity contribution >= 4 is 10.0 Å². The van der Waals surface area contributed by atoms with E-state index < -0.39 is 10.0 Å². The highest BCUT2D eigenvalue weighted by molar-refractivity contribution is 7.89. The molecule has 0 atom stereocenters. The lowest BCUT2D eigenvalue weighted by molar-refractivity contribution is 0.198. The molecule has 0 saturated carbocycles. The Bertz CT molecular complexity index is 447. The maximum absolute atomic E-state index is 12.2. The minimum Gasteiger partial charge on any atom is -0.395 e. The highest BCUT2D eigenvalue weighted by Gasteiger charge is 2.21. The number of ether oxygens (including phenoxy) is 1. The summed E-state index contributed by atoms with van der Waals surface area (Å²) in [4.78, 5) is 0. The van der Waals surface area contributed by atoms with E-state index in [4.69, 9.17) is 9.84 Å².